The van der Waals surface area contributed by atoms with Gasteiger partial charge in [-0.2, -0.15) is 0 Å². The number of anilines is 2. The Morgan fingerprint density at radius 3 is 2.48 bits per heavy atom. The number of sulfonamides is 1. The van der Waals surface area contributed by atoms with Gasteiger partial charge >= 0.3 is 0 Å². The Balaban J connectivity index is 1.84. The van der Waals surface area contributed by atoms with Gasteiger partial charge in [0, 0.05) is 11.3 Å². The molecule has 0 saturated carbocycles. The number of methoxy groups -OCH3 is 1. The number of amides is 1. The van der Waals surface area contributed by atoms with Crippen molar-refractivity contribution < 1.29 is 22.3 Å². The number of carbonyl (C=O) groups excluding carboxylic acids is 1. The molecule has 0 heterocycles. The summed E-state index contributed by atoms with van der Waals surface area (Å²) in [5, 5.41) is 2.56. The average Bonchev–Trinajstić information content (AvgIpc) is 2.71. The van der Waals surface area contributed by atoms with Crippen molar-refractivity contribution in [1.29, 1.82) is 0 Å². The largest absolute Gasteiger partial charge is 0.495 e. The van der Waals surface area contributed by atoms with Gasteiger partial charge < -0.3 is 10.1 Å². The van der Waals surface area contributed by atoms with E-state index in [9.17, 15) is 17.6 Å². The highest BCUT2D eigenvalue weighted by atomic mass is 32.2. The molecule has 6 nitrogen and oxygen atoms in total. The van der Waals surface area contributed by atoms with Gasteiger partial charge in [-0.15, -0.1) is 0 Å². The third-order valence-electron chi connectivity index (χ3n) is 4.19. The number of carbonyl (C=O) groups is 1. The van der Waals surface area contributed by atoms with Crippen LogP contribution >= 0.6 is 0 Å². The summed E-state index contributed by atoms with van der Waals surface area (Å²) in [4.78, 5) is 12.4. The van der Waals surface area contributed by atoms with Crippen molar-refractivity contribution in [3.8, 4) is 5.75 Å². The van der Waals surface area contributed by atoms with E-state index in [1.807, 2.05) is 0 Å². The molecular formula is C21H19FN2O4S. The quantitative estimate of drug-likeness (QED) is 0.633. The summed E-state index contributed by atoms with van der Waals surface area (Å²) in [6.07, 6.45) is 0. The molecule has 0 fully saturated rings. The Labute approximate surface area is 168 Å². The zero-order valence-corrected chi connectivity index (χ0v) is 16.6. The Bertz CT molecular complexity index is 1160. The van der Waals surface area contributed by atoms with E-state index in [0.717, 1.165) is 0 Å². The summed E-state index contributed by atoms with van der Waals surface area (Å²) in [6, 6.07) is 16.5. The number of rotatable bonds is 6. The Morgan fingerprint density at radius 2 is 1.76 bits per heavy atom. The van der Waals surface area contributed by atoms with Gasteiger partial charge in [-0.25, -0.2) is 12.8 Å². The number of halogens is 1. The van der Waals surface area contributed by atoms with Gasteiger partial charge in [-0.1, -0.05) is 24.3 Å². The molecule has 0 bridgehead atoms. The summed E-state index contributed by atoms with van der Waals surface area (Å²) in [7, 11) is -2.52. The molecule has 3 aromatic carbocycles. The van der Waals surface area contributed by atoms with Gasteiger partial charge in [0.05, 0.1) is 17.7 Å². The molecule has 0 saturated heterocycles. The lowest BCUT2D eigenvalue weighted by atomic mass is 10.2. The molecule has 0 spiro atoms. The maximum atomic E-state index is 13.7. The fourth-order valence-corrected chi connectivity index (χ4v) is 3.73. The first-order valence-electron chi connectivity index (χ1n) is 8.63. The highest BCUT2D eigenvalue weighted by molar-refractivity contribution is 7.92. The van der Waals surface area contributed by atoms with Crippen LogP contribution in [-0.4, -0.2) is 21.4 Å². The molecule has 0 aliphatic rings. The molecule has 150 valence electrons. The molecule has 3 rings (SSSR count). The highest BCUT2D eigenvalue weighted by Gasteiger charge is 2.18. The van der Waals surface area contributed by atoms with Crippen LogP contribution in [0, 0.1) is 12.7 Å². The third-order valence-corrected chi connectivity index (χ3v) is 5.55. The van der Waals surface area contributed by atoms with Crippen LogP contribution in [0.5, 0.6) is 5.75 Å². The predicted octanol–water partition coefficient (Wildman–Crippen LogP) is 4.20. The van der Waals surface area contributed by atoms with E-state index in [0.29, 0.717) is 11.3 Å². The molecule has 0 atom stereocenters. The first kappa shape index (κ1) is 20.3. The van der Waals surface area contributed by atoms with Gasteiger partial charge in [-0.05, 0) is 55.0 Å². The SMILES string of the molecule is COc1ccccc1NS(=O)(=O)c1cccc(C(=O)Nc2ccc(C)c(F)c2)c1. The molecule has 0 unspecified atom stereocenters. The van der Waals surface area contributed by atoms with Crippen LogP contribution in [0.4, 0.5) is 15.8 Å². The smallest absolute Gasteiger partial charge is 0.262 e. The Hall–Kier alpha value is -3.39. The van der Waals surface area contributed by atoms with Crippen LogP contribution in [0.25, 0.3) is 0 Å². The summed E-state index contributed by atoms with van der Waals surface area (Å²) in [5.74, 6) is -0.630. The zero-order valence-electron chi connectivity index (χ0n) is 15.8. The molecule has 29 heavy (non-hydrogen) atoms. The van der Waals surface area contributed by atoms with E-state index in [1.165, 1.54) is 37.4 Å². The van der Waals surface area contributed by atoms with Crippen molar-refractivity contribution >= 4 is 27.3 Å². The zero-order chi connectivity index (χ0) is 21.0. The minimum absolute atomic E-state index is 0.0915. The van der Waals surface area contributed by atoms with E-state index in [1.54, 1.807) is 43.3 Å². The topological polar surface area (TPSA) is 84.5 Å². The first-order valence-corrected chi connectivity index (χ1v) is 10.1. The summed E-state index contributed by atoms with van der Waals surface area (Å²) < 4.78 is 46.7. The van der Waals surface area contributed by atoms with E-state index in [4.69, 9.17) is 4.74 Å². The number of hydrogen-bond donors (Lipinski definition) is 2. The molecule has 1 amide bonds. The molecule has 0 aromatic heterocycles. The van der Waals surface area contributed by atoms with E-state index < -0.39 is 21.7 Å². The maximum absolute atomic E-state index is 13.7. The van der Waals surface area contributed by atoms with Crippen LogP contribution in [0.15, 0.2) is 71.6 Å². The van der Waals surface area contributed by atoms with E-state index in [2.05, 4.69) is 10.0 Å². The first-order chi connectivity index (χ1) is 13.8. The number of nitrogens with one attached hydrogen (secondary N) is 2. The molecule has 0 radical (unpaired) electrons. The van der Waals surface area contributed by atoms with E-state index >= 15 is 0 Å². The number of aryl methyl sites for hydroxylation is 1. The normalized spacial score (nSPS) is 11.0. The second kappa shape index (κ2) is 8.32. The van der Waals surface area contributed by atoms with Gasteiger partial charge in [0.2, 0.25) is 0 Å². The van der Waals surface area contributed by atoms with Crippen molar-refractivity contribution in [3.05, 3.63) is 83.7 Å². The third kappa shape index (κ3) is 4.72. The fraction of sp³-hybridized carbons (Fsp3) is 0.0952. The lowest BCUT2D eigenvalue weighted by molar-refractivity contribution is 0.102. The van der Waals surface area contributed by atoms with Crippen LogP contribution < -0.4 is 14.8 Å². The van der Waals surface area contributed by atoms with Gasteiger partial charge in [-0.3, -0.25) is 9.52 Å². The van der Waals surface area contributed by atoms with Gasteiger partial charge in [0.25, 0.3) is 15.9 Å². The summed E-state index contributed by atoms with van der Waals surface area (Å²) >= 11 is 0. The summed E-state index contributed by atoms with van der Waals surface area (Å²) in [5.41, 5.74) is 1.13. The van der Waals surface area contributed by atoms with Crippen LogP contribution in [-0.2, 0) is 10.0 Å². The lowest BCUT2D eigenvalue weighted by Gasteiger charge is -2.12. The molecule has 0 aliphatic heterocycles. The van der Waals surface area contributed by atoms with Crippen molar-refractivity contribution in [3.63, 3.8) is 0 Å². The van der Waals surface area contributed by atoms with E-state index in [-0.39, 0.29) is 21.8 Å². The fourth-order valence-electron chi connectivity index (χ4n) is 2.61. The van der Waals surface area contributed by atoms with Crippen LogP contribution in [0.1, 0.15) is 15.9 Å². The molecular weight excluding hydrogens is 395 g/mol. The van der Waals surface area contributed by atoms with Crippen molar-refractivity contribution in [2.75, 3.05) is 17.1 Å². The second-order valence-corrected chi connectivity index (χ2v) is 7.93. The average molecular weight is 414 g/mol. The van der Waals surface area contributed by atoms with Crippen LogP contribution in [0.2, 0.25) is 0 Å². The van der Waals surface area contributed by atoms with Crippen molar-refractivity contribution in [1.82, 2.24) is 0 Å². The molecule has 8 heteroatoms. The van der Waals surface area contributed by atoms with Crippen molar-refractivity contribution in [2.45, 2.75) is 11.8 Å². The Kier molecular flexibility index (Phi) is 5.84. The maximum Gasteiger partial charge on any atom is 0.262 e. The lowest BCUT2D eigenvalue weighted by Crippen LogP contribution is -2.16. The standard InChI is InChI=1S/C21H19FN2O4S/c1-14-10-11-16(13-18(14)22)23-21(25)15-6-5-7-17(12-15)29(26,27)24-19-8-3-4-9-20(19)28-2/h3-13,24H,1-2H3,(H,23,25). The second-order valence-electron chi connectivity index (χ2n) is 6.25. The number of hydrogen-bond acceptors (Lipinski definition) is 4. The van der Waals surface area contributed by atoms with Crippen LogP contribution in [0.3, 0.4) is 0 Å². The monoisotopic (exact) mass is 414 g/mol. The minimum Gasteiger partial charge on any atom is -0.495 e. The predicted molar refractivity (Wildman–Crippen MR) is 109 cm³/mol. The highest BCUT2D eigenvalue weighted by Crippen LogP contribution is 2.26. The van der Waals surface area contributed by atoms with Gasteiger partial charge in [0.1, 0.15) is 11.6 Å². The molecule has 0 aliphatic carbocycles. The Morgan fingerprint density at radius 1 is 1.00 bits per heavy atom. The minimum atomic E-state index is -3.96. The molecule has 3 aromatic rings. The molecule has 2 N–H and O–H groups in total. The van der Waals surface area contributed by atoms with Gasteiger partial charge in [0.15, 0.2) is 0 Å². The van der Waals surface area contributed by atoms with Crippen molar-refractivity contribution in [2.24, 2.45) is 0 Å². The number of ether oxygens (including phenoxy) is 1. The summed E-state index contributed by atoms with van der Waals surface area (Å²) in [6.45, 7) is 1.62. The number of para-hydroxylation sites is 2. The number of benzene rings is 3.